The molecule has 0 saturated heterocycles. The van der Waals surface area contributed by atoms with Crippen LogP contribution in [-0.4, -0.2) is 39.1 Å². The van der Waals surface area contributed by atoms with Crippen LogP contribution < -0.4 is 20.1 Å². The van der Waals surface area contributed by atoms with E-state index >= 15 is 0 Å². The molecule has 0 radical (unpaired) electrons. The molecule has 0 fully saturated rings. The molecule has 0 heterocycles. The summed E-state index contributed by atoms with van der Waals surface area (Å²) in [5.74, 6) is 0.157. The summed E-state index contributed by atoms with van der Waals surface area (Å²) in [4.78, 5) is 23.5. The lowest BCUT2D eigenvalue weighted by atomic mass is 10.1. The molecule has 0 saturated carbocycles. The van der Waals surface area contributed by atoms with E-state index in [1.54, 1.807) is 14.2 Å². The maximum atomic E-state index is 11.8. The number of hydrogen-bond donors (Lipinski definition) is 2. The number of unbranched alkanes of at least 4 members (excludes halogenated alkanes) is 5. The van der Waals surface area contributed by atoms with Gasteiger partial charge in [-0.15, -0.1) is 0 Å². The van der Waals surface area contributed by atoms with Crippen LogP contribution in [0, 0.1) is 0 Å². The lowest BCUT2D eigenvalue weighted by molar-refractivity contribution is -0.139. The van der Waals surface area contributed by atoms with Gasteiger partial charge in [0.25, 0.3) is 0 Å². The Hall–Kier alpha value is -2.24. The SMILES string of the molecule is CCCCCCCCNC(=O)C(=O)NCCc1ccc(OC)c(OC)c1. The van der Waals surface area contributed by atoms with Gasteiger partial charge in [-0.3, -0.25) is 9.59 Å². The van der Waals surface area contributed by atoms with Crippen molar-refractivity contribution in [2.45, 2.75) is 51.9 Å². The Morgan fingerprint density at radius 3 is 2.12 bits per heavy atom. The van der Waals surface area contributed by atoms with Gasteiger partial charge in [0.1, 0.15) is 0 Å². The quantitative estimate of drug-likeness (QED) is 0.442. The Kier molecular flexibility index (Phi) is 10.9. The second kappa shape index (κ2) is 13.0. The van der Waals surface area contributed by atoms with Gasteiger partial charge < -0.3 is 20.1 Å². The second-order valence-electron chi connectivity index (χ2n) is 6.22. The molecule has 0 aliphatic carbocycles. The fourth-order valence-corrected chi connectivity index (χ4v) is 2.62. The van der Waals surface area contributed by atoms with E-state index in [1.165, 1.54) is 25.7 Å². The van der Waals surface area contributed by atoms with Crippen molar-refractivity contribution in [1.82, 2.24) is 10.6 Å². The molecule has 0 atom stereocenters. The zero-order chi connectivity index (χ0) is 19.2. The monoisotopic (exact) mass is 364 g/mol. The van der Waals surface area contributed by atoms with Crippen molar-refractivity contribution in [2.24, 2.45) is 0 Å². The Labute approximate surface area is 156 Å². The van der Waals surface area contributed by atoms with Crippen LogP contribution in [0.4, 0.5) is 0 Å². The number of hydrogen-bond acceptors (Lipinski definition) is 4. The van der Waals surface area contributed by atoms with Gasteiger partial charge in [-0.1, -0.05) is 45.1 Å². The molecule has 0 bridgehead atoms. The normalized spacial score (nSPS) is 10.3. The summed E-state index contributed by atoms with van der Waals surface area (Å²) in [5, 5.41) is 5.31. The molecule has 0 aromatic heterocycles. The van der Waals surface area contributed by atoms with Crippen LogP contribution >= 0.6 is 0 Å². The molecule has 146 valence electrons. The summed E-state index contributed by atoms with van der Waals surface area (Å²) in [6, 6.07) is 5.60. The molecular weight excluding hydrogens is 332 g/mol. The van der Waals surface area contributed by atoms with Crippen molar-refractivity contribution in [1.29, 1.82) is 0 Å². The summed E-state index contributed by atoms with van der Waals surface area (Å²) >= 11 is 0. The number of nitrogens with one attached hydrogen (secondary N) is 2. The van der Waals surface area contributed by atoms with Gasteiger partial charge >= 0.3 is 11.8 Å². The smallest absolute Gasteiger partial charge is 0.309 e. The molecule has 0 spiro atoms. The molecule has 2 N–H and O–H groups in total. The topological polar surface area (TPSA) is 76.7 Å². The van der Waals surface area contributed by atoms with Gasteiger partial charge in [-0.05, 0) is 30.5 Å². The summed E-state index contributed by atoms with van der Waals surface area (Å²) < 4.78 is 10.4. The highest BCUT2D eigenvalue weighted by atomic mass is 16.5. The molecule has 6 nitrogen and oxygen atoms in total. The molecule has 0 aliphatic heterocycles. The zero-order valence-electron chi connectivity index (χ0n) is 16.2. The fraction of sp³-hybridized carbons (Fsp3) is 0.600. The maximum absolute atomic E-state index is 11.8. The van der Waals surface area contributed by atoms with Crippen molar-refractivity contribution < 1.29 is 19.1 Å². The average Bonchev–Trinajstić information content (AvgIpc) is 2.66. The van der Waals surface area contributed by atoms with Crippen molar-refractivity contribution in [3.8, 4) is 11.5 Å². The number of rotatable bonds is 12. The summed E-state index contributed by atoms with van der Waals surface area (Å²) in [6.45, 7) is 3.12. The zero-order valence-corrected chi connectivity index (χ0v) is 16.2. The molecule has 1 rings (SSSR count). The largest absolute Gasteiger partial charge is 0.493 e. The van der Waals surface area contributed by atoms with Gasteiger partial charge in [-0.2, -0.15) is 0 Å². The molecule has 0 unspecified atom stereocenters. The van der Waals surface area contributed by atoms with Gasteiger partial charge in [-0.25, -0.2) is 0 Å². The van der Waals surface area contributed by atoms with E-state index in [1.807, 2.05) is 18.2 Å². The van der Waals surface area contributed by atoms with E-state index in [2.05, 4.69) is 17.6 Å². The minimum absolute atomic E-state index is 0.388. The molecule has 6 heteroatoms. The lowest BCUT2D eigenvalue weighted by Crippen LogP contribution is -2.40. The highest BCUT2D eigenvalue weighted by molar-refractivity contribution is 6.35. The first-order chi connectivity index (χ1) is 12.6. The van der Waals surface area contributed by atoms with E-state index in [-0.39, 0.29) is 0 Å². The number of amides is 2. The second-order valence-corrected chi connectivity index (χ2v) is 6.22. The summed E-state index contributed by atoms with van der Waals surface area (Å²) in [5.41, 5.74) is 0.996. The van der Waals surface area contributed by atoms with Crippen LogP contribution in [-0.2, 0) is 16.0 Å². The van der Waals surface area contributed by atoms with Crippen molar-refractivity contribution in [3.63, 3.8) is 0 Å². The van der Waals surface area contributed by atoms with E-state index in [9.17, 15) is 9.59 Å². The Bertz CT molecular complexity index is 561. The van der Waals surface area contributed by atoms with E-state index in [0.29, 0.717) is 31.0 Å². The van der Waals surface area contributed by atoms with Crippen molar-refractivity contribution in [3.05, 3.63) is 23.8 Å². The third-order valence-electron chi connectivity index (χ3n) is 4.17. The maximum Gasteiger partial charge on any atom is 0.309 e. The van der Waals surface area contributed by atoms with Crippen LogP contribution in [0.3, 0.4) is 0 Å². The minimum atomic E-state index is -0.587. The Morgan fingerprint density at radius 1 is 0.846 bits per heavy atom. The first-order valence-corrected chi connectivity index (χ1v) is 9.39. The number of benzene rings is 1. The third kappa shape index (κ3) is 8.23. The molecule has 2 amide bonds. The predicted octanol–water partition coefficient (Wildman–Crippen LogP) is 2.84. The van der Waals surface area contributed by atoms with E-state index in [0.717, 1.165) is 18.4 Å². The van der Waals surface area contributed by atoms with Crippen molar-refractivity contribution >= 4 is 11.8 Å². The van der Waals surface area contributed by atoms with E-state index < -0.39 is 11.8 Å². The molecule has 26 heavy (non-hydrogen) atoms. The summed E-state index contributed by atoms with van der Waals surface area (Å²) in [7, 11) is 3.17. The molecule has 0 aliphatic rings. The molecular formula is C20H32N2O4. The number of methoxy groups -OCH3 is 2. The highest BCUT2D eigenvalue weighted by Crippen LogP contribution is 2.27. The predicted molar refractivity (Wildman–Crippen MR) is 103 cm³/mol. The van der Waals surface area contributed by atoms with Gasteiger partial charge in [0.2, 0.25) is 0 Å². The number of carbonyl (C=O) groups is 2. The molecule has 1 aromatic carbocycles. The first kappa shape index (κ1) is 21.8. The number of ether oxygens (including phenoxy) is 2. The van der Waals surface area contributed by atoms with Gasteiger partial charge in [0.05, 0.1) is 14.2 Å². The van der Waals surface area contributed by atoms with Gasteiger partial charge in [0.15, 0.2) is 11.5 Å². The van der Waals surface area contributed by atoms with Crippen LogP contribution in [0.5, 0.6) is 11.5 Å². The van der Waals surface area contributed by atoms with Crippen LogP contribution in [0.2, 0.25) is 0 Å². The molecule has 1 aromatic rings. The Morgan fingerprint density at radius 2 is 1.46 bits per heavy atom. The van der Waals surface area contributed by atoms with Crippen LogP contribution in [0.25, 0.3) is 0 Å². The summed E-state index contributed by atoms with van der Waals surface area (Å²) in [6.07, 6.45) is 7.50. The van der Waals surface area contributed by atoms with Crippen molar-refractivity contribution in [2.75, 3.05) is 27.3 Å². The first-order valence-electron chi connectivity index (χ1n) is 9.39. The van der Waals surface area contributed by atoms with Gasteiger partial charge in [0, 0.05) is 13.1 Å². The van der Waals surface area contributed by atoms with E-state index in [4.69, 9.17) is 9.47 Å². The van der Waals surface area contributed by atoms with Crippen LogP contribution in [0.1, 0.15) is 51.0 Å². The lowest BCUT2D eigenvalue weighted by Gasteiger charge is -2.10. The average molecular weight is 364 g/mol. The fourth-order valence-electron chi connectivity index (χ4n) is 2.62. The van der Waals surface area contributed by atoms with Crippen LogP contribution in [0.15, 0.2) is 18.2 Å². The minimum Gasteiger partial charge on any atom is -0.493 e. The number of carbonyl (C=O) groups excluding carboxylic acids is 2. The highest BCUT2D eigenvalue weighted by Gasteiger charge is 2.12. The Balaban J connectivity index is 2.22. The third-order valence-corrected chi connectivity index (χ3v) is 4.17. The standard InChI is InChI=1S/C20H32N2O4/c1-4-5-6-7-8-9-13-21-19(23)20(24)22-14-12-16-10-11-17(25-2)18(15-16)26-3/h10-11,15H,4-9,12-14H2,1-3H3,(H,21,23)(H,22,24).